The van der Waals surface area contributed by atoms with Gasteiger partial charge in [-0.1, -0.05) is 47.8 Å². The minimum Gasteiger partial charge on any atom is -0.496 e. The lowest BCUT2D eigenvalue weighted by Gasteiger charge is -2.14. The Balaban J connectivity index is 1.28. The average molecular weight is 501 g/mol. The van der Waals surface area contributed by atoms with Crippen LogP contribution >= 0.6 is 23.5 Å². The molecule has 2 aliphatic rings. The molecular weight excluding hydrogens is 480 g/mol. The largest absolute Gasteiger partial charge is 0.496 e. The third kappa shape index (κ3) is 4.71. The molecule has 0 spiro atoms. The molecule has 5 rings (SSSR count). The van der Waals surface area contributed by atoms with E-state index in [0.29, 0.717) is 34.7 Å². The number of nitrogens with one attached hydrogen (secondary N) is 3. The minimum absolute atomic E-state index is 0.0190. The standard InChI is InChI=1S/C26H20N4O3S2/c1-33-21-11-23-20(30-25(32)18-4-2-3-5-22(18)35-23)10-19(21)24(31)28-13-17-14-29-26(34-17)16-8-6-15(12-27)7-9-16/h2-11,14,26,29H,13H2,1H3,(H,28,31)(H,30,32). The van der Waals surface area contributed by atoms with E-state index in [0.717, 1.165) is 20.3 Å². The molecule has 3 aromatic carbocycles. The summed E-state index contributed by atoms with van der Waals surface area (Å²) in [5, 5.41) is 18.1. The SMILES string of the molecule is COc1cc2c(cc1C(=O)NCC1=CNC(c3ccc(C#N)cc3)S1)NC(=O)c1ccccc1S2. The zero-order chi connectivity index (χ0) is 24.4. The van der Waals surface area contributed by atoms with Crippen LogP contribution in [0.2, 0.25) is 0 Å². The van der Waals surface area contributed by atoms with Gasteiger partial charge in [-0.3, -0.25) is 9.59 Å². The Morgan fingerprint density at radius 2 is 1.94 bits per heavy atom. The number of hydrogen-bond donors (Lipinski definition) is 3. The number of carbonyl (C=O) groups is 2. The molecule has 2 heterocycles. The number of ether oxygens (including phenoxy) is 1. The van der Waals surface area contributed by atoms with Crippen LogP contribution in [0.25, 0.3) is 0 Å². The predicted molar refractivity (Wildman–Crippen MR) is 137 cm³/mol. The van der Waals surface area contributed by atoms with Crippen molar-refractivity contribution in [1.29, 1.82) is 5.26 Å². The molecule has 1 atom stereocenters. The Morgan fingerprint density at radius 3 is 2.71 bits per heavy atom. The van der Waals surface area contributed by atoms with Gasteiger partial charge in [0.1, 0.15) is 11.1 Å². The highest BCUT2D eigenvalue weighted by Gasteiger charge is 2.24. The van der Waals surface area contributed by atoms with E-state index in [1.54, 1.807) is 42.1 Å². The summed E-state index contributed by atoms with van der Waals surface area (Å²) in [6, 6.07) is 20.4. The third-order valence-corrected chi connectivity index (χ3v) is 7.92. The topological polar surface area (TPSA) is 103 Å². The van der Waals surface area contributed by atoms with Crippen LogP contribution in [0.15, 0.2) is 81.6 Å². The van der Waals surface area contributed by atoms with E-state index in [-0.39, 0.29) is 17.2 Å². The molecule has 0 bridgehead atoms. The first-order valence-electron chi connectivity index (χ1n) is 10.8. The fraction of sp³-hybridized carbons (Fsp3) is 0.115. The number of nitrogens with zero attached hydrogens (tertiary/aromatic N) is 1. The predicted octanol–water partition coefficient (Wildman–Crippen LogP) is 4.89. The van der Waals surface area contributed by atoms with Gasteiger partial charge in [-0.05, 0) is 42.0 Å². The van der Waals surface area contributed by atoms with Crippen LogP contribution in [0.5, 0.6) is 5.75 Å². The molecule has 2 aliphatic heterocycles. The molecule has 2 amide bonds. The third-order valence-electron chi connectivity index (χ3n) is 5.58. The van der Waals surface area contributed by atoms with Gasteiger partial charge < -0.3 is 20.7 Å². The first-order valence-corrected chi connectivity index (χ1v) is 12.5. The van der Waals surface area contributed by atoms with Crippen LogP contribution in [0.1, 0.15) is 37.2 Å². The van der Waals surface area contributed by atoms with Gasteiger partial charge in [-0.25, -0.2) is 0 Å². The van der Waals surface area contributed by atoms with Gasteiger partial charge >= 0.3 is 0 Å². The van der Waals surface area contributed by atoms with Crippen molar-refractivity contribution in [2.24, 2.45) is 0 Å². The summed E-state index contributed by atoms with van der Waals surface area (Å²) in [5.74, 6) is -0.0752. The van der Waals surface area contributed by atoms with Gasteiger partial charge in [0.05, 0.1) is 42.1 Å². The molecule has 0 aromatic heterocycles. The summed E-state index contributed by atoms with van der Waals surface area (Å²) in [7, 11) is 1.52. The molecule has 0 saturated heterocycles. The van der Waals surface area contributed by atoms with Crippen molar-refractivity contribution >= 4 is 41.0 Å². The Hall–Kier alpha value is -3.87. The van der Waals surface area contributed by atoms with Gasteiger partial charge in [0.25, 0.3) is 11.8 Å². The fourth-order valence-electron chi connectivity index (χ4n) is 3.78. The van der Waals surface area contributed by atoms with Crippen LogP contribution < -0.4 is 20.7 Å². The van der Waals surface area contributed by atoms with Crippen molar-refractivity contribution in [3.05, 3.63) is 94.0 Å². The Kier molecular flexibility index (Phi) is 6.40. The lowest BCUT2D eigenvalue weighted by atomic mass is 10.1. The van der Waals surface area contributed by atoms with Crippen molar-refractivity contribution in [2.45, 2.75) is 15.2 Å². The summed E-state index contributed by atoms with van der Waals surface area (Å²) in [5.41, 5.74) is 3.17. The van der Waals surface area contributed by atoms with Gasteiger partial charge in [0.15, 0.2) is 0 Å². The number of fused-ring (bicyclic) bond motifs is 2. The zero-order valence-corrected chi connectivity index (χ0v) is 20.3. The van der Waals surface area contributed by atoms with E-state index >= 15 is 0 Å². The van der Waals surface area contributed by atoms with E-state index < -0.39 is 0 Å². The van der Waals surface area contributed by atoms with Crippen LogP contribution in [0.3, 0.4) is 0 Å². The summed E-state index contributed by atoms with van der Waals surface area (Å²) in [6.07, 6.45) is 1.89. The lowest BCUT2D eigenvalue weighted by molar-refractivity contribution is 0.0953. The summed E-state index contributed by atoms with van der Waals surface area (Å²) < 4.78 is 5.51. The Morgan fingerprint density at radius 1 is 1.14 bits per heavy atom. The molecule has 0 radical (unpaired) electrons. The molecule has 9 heteroatoms. The highest BCUT2D eigenvalue weighted by Crippen LogP contribution is 2.42. The Labute approximate surface area is 210 Å². The molecule has 35 heavy (non-hydrogen) atoms. The second-order valence-electron chi connectivity index (χ2n) is 7.79. The molecule has 0 aliphatic carbocycles. The van der Waals surface area contributed by atoms with Crippen LogP contribution in [-0.2, 0) is 0 Å². The van der Waals surface area contributed by atoms with E-state index in [1.165, 1.54) is 18.9 Å². The number of benzene rings is 3. The van der Waals surface area contributed by atoms with Crippen molar-refractivity contribution in [1.82, 2.24) is 10.6 Å². The number of thioether (sulfide) groups is 1. The van der Waals surface area contributed by atoms with Crippen molar-refractivity contribution in [3.8, 4) is 11.8 Å². The minimum atomic E-state index is -0.297. The van der Waals surface area contributed by atoms with E-state index in [4.69, 9.17) is 10.00 Å². The fourth-order valence-corrected chi connectivity index (χ4v) is 5.84. The van der Waals surface area contributed by atoms with Crippen molar-refractivity contribution < 1.29 is 14.3 Å². The van der Waals surface area contributed by atoms with Gasteiger partial charge in [0, 0.05) is 20.9 Å². The lowest BCUT2D eigenvalue weighted by Crippen LogP contribution is -2.25. The maximum Gasteiger partial charge on any atom is 0.256 e. The molecule has 7 nitrogen and oxygen atoms in total. The second kappa shape index (κ2) is 9.78. The van der Waals surface area contributed by atoms with Crippen LogP contribution in [0.4, 0.5) is 5.69 Å². The van der Waals surface area contributed by atoms with Gasteiger partial charge in [-0.2, -0.15) is 5.26 Å². The number of anilines is 1. The quantitative estimate of drug-likeness (QED) is 0.458. The highest BCUT2D eigenvalue weighted by atomic mass is 32.2. The number of nitriles is 1. The number of methoxy groups -OCH3 is 1. The molecule has 174 valence electrons. The second-order valence-corrected chi connectivity index (χ2v) is 10.1. The van der Waals surface area contributed by atoms with E-state index in [9.17, 15) is 9.59 Å². The van der Waals surface area contributed by atoms with E-state index in [2.05, 4.69) is 22.0 Å². The van der Waals surface area contributed by atoms with Crippen molar-refractivity contribution in [3.63, 3.8) is 0 Å². The Bertz CT molecular complexity index is 1400. The summed E-state index contributed by atoms with van der Waals surface area (Å²) in [4.78, 5) is 28.4. The average Bonchev–Trinajstić information content (AvgIpc) is 3.32. The first kappa shape index (κ1) is 22.9. The number of rotatable bonds is 5. The van der Waals surface area contributed by atoms with Gasteiger partial charge in [-0.15, -0.1) is 0 Å². The monoisotopic (exact) mass is 500 g/mol. The van der Waals surface area contributed by atoms with Gasteiger partial charge in [0.2, 0.25) is 0 Å². The smallest absolute Gasteiger partial charge is 0.256 e. The summed E-state index contributed by atoms with van der Waals surface area (Å²) in [6.45, 7) is 0.343. The first-order chi connectivity index (χ1) is 17.1. The molecular formula is C26H20N4O3S2. The molecule has 3 N–H and O–H groups in total. The molecule has 0 saturated carbocycles. The zero-order valence-electron chi connectivity index (χ0n) is 18.6. The maximum absolute atomic E-state index is 13.1. The molecule has 1 unspecified atom stereocenters. The molecule has 0 fully saturated rings. The number of hydrogen-bond acceptors (Lipinski definition) is 7. The van der Waals surface area contributed by atoms with Crippen LogP contribution in [-0.4, -0.2) is 25.5 Å². The maximum atomic E-state index is 13.1. The van der Waals surface area contributed by atoms with Crippen molar-refractivity contribution in [2.75, 3.05) is 19.0 Å². The molecule has 3 aromatic rings. The highest BCUT2D eigenvalue weighted by molar-refractivity contribution is 8.03. The number of carbonyl (C=O) groups excluding carboxylic acids is 2. The summed E-state index contributed by atoms with van der Waals surface area (Å²) >= 11 is 3.06. The van der Waals surface area contributed by atoms with E-state index in [1.807, 2.05) is 36.5 Å². The normalized spacial score (nSPS) is 15.9. The number of amides is 2. The van der Waals surface area contributed by atoms with Crippen LogP contribution in [0, 0.1) is 11.3 Å².